The molecule has 2 aliphatic heterocycles. The largest absolute Gasteiger partial charge is 0.454 e. The summed E-state index contributed by atoms with van der Waals surface area (Å²) in [6.45, 7) is 1.99. The van der Waals surface area contributed by atoms with Gasteiger partial charge in [-0.25, -0.2) is 4.98 Å². The van der Waals surface area contributed by atoms with E-state index in [-0.39, 0.29) is 18.7 Å². The third kappa shape index (κ3) is 4.54. The molecule has 1 saturated heterocycles. The van der Waals surface area contributed by atoms with Crippen molar-refractivity contribution in [2.45, 2.75) is 18.9 Å². The van der Waals surface area contributed by atoms with Crippen molar-refractivity contribution >= 4 is 28.5 Å². The first kappa shape index (κ1) is 19.6. The second kappa shape index (κ2) is 8.77. The maximum atomic E-state index is 12.3. The van der Waals surface area contributed by atoms with Gasteiger partial charge in [0, 0.05) is 48.5 Å². The third-order valence-electron chi connectivity index (χ3n) is 5.39. The first-order valence-corrected chi connectivity index (χ1v) is 11.1. The number of ether oxygens (including phenoxy) is 2. The Morgan fingerprint density at radius 1 is 1.19 bits per heavy atom. The Morgan fingerprint density at radius 3 is 2.90 bits per heavy atom. The van der Waals surface area contributed by atoms with Crippen LogP contribution in [0, 0.1) is 0 Å². The molecule has 0 saturated carbocycles. The van der Waals surface area contributed by atoms with Crippen LogP contribution in [0.1, 0.15) is 18.4 Å². The molecule has 8 heteroatoms. The molecule has 0 unspecified atom stereocenters. The Labute approximate surface area is 184 Å². The monoisotopic (exact) mass is 434 g/mol. The van der Waals surface area contributed by atoms with Crippen LogP contribution in [0.3, 0.4) is 0 Å². The lowest BCUT2D eigenvalue weighted by Crippen LogP contribution is -2.44. The fourth-order valence-electron chi connectivity index (χ4n) is 3.71. The Morgan fingerprint density at radius 2 is 2.06 bits per heavy atom. The SMILES string of the molecule is O=C(C=Cc1ccc2c(c1)OCO2)NC1CCN(c2nc(-c3cccnc3)cs2)CC1. The van der Waals surface area contributed by atoms with Gasteiger partial charge in [-0.1, -0.05) is 6.07 Å². The molecule has 0 radical (unpaired) electrons. The number of nitrogens with one attached hydrogen (secondary N) is 1. The second-order valence-electron chi connectivity index (χ2n) is 7.47. The number of nitrogens with zero attached hydrogens (tertiary/aromatic N) is 3. The number of carbonyl (C=O) groups excluding carboxylic acids is 1. The Balaban J connectivity index is 1.12. The summed E-state index contributed by atoms with van der Waals surface area (Å²) in [6.07, 6.45) is 8.75. The number of thiazole rings is 1. The van der Waals surface area contributed by atoms with Gasteiger partial charge in [-0.05, 0) is 48.7 Å². The number of anilines is 1. The van der Waals surface area contributed by atoms with E-state index in [2.05, 4.69) is 20.6 Å². The van der Waals surface area contributed by atoms with Crippen molar-refractivity contribution in [1.82, 2.24) is 15.3 Å². The number of carbonyl (C=O) groups is 1. The topological polar surface area (TPSA) is 76.6 Å². The number of amides is 1. The number of benzene rings is 1. The first-order chi connectivity index (χ1) is 15.2. The summed E-state index contributed by atoms with van der Waals surface area (Å²) in [6, 6.07) is 9.74. The summed E-state index contributed by atoms with van der Waals surface area (Å²) in [7, 11) is 0. The molecule has 2 aliphatic rings. The van der Waals surface area contributed by atoms with Crippen molar-refractivity contribution in [2.75, 3.05) is 24.8 Å². The number of piperidine rings is 1. The van der Waals surface area contributed by atoms with Gasteiger partial charge >= 0.3 is 0 Å². The molecule has 1 fully saturated rings. The minimum absolute atomic E-state index is 0.0794. The molecule has 1 amide bonds. The van der Waals surface area contributed by atoms with E-state index in [1.807, 2.05) is 36.5 Å². The predicted octanol–water partition coefficient (Wildman–Crippen LogP) is 3.73. The fourth-order valence-corrected chi connectivity index (χ4v) is 4.60. The van der Waals surface area contributed by atoms with E-state index in [4.69, 9.17) is 14.5 Å². The Bertz CT molecular complexity index is 1090. The lowest BCUT2D eigenvalue weighted by Gasteiger charge is -2.31. The summed E-state index contributed by atoms with van der Waals surface area (Å²) >= 11 is 1.65. The van der Waals surface area contributed by atoms with Crippen LogP contribution < -0.4 is 19.7 Å². The number of aromatic nitrogens is 2. The highest BCUT2D eigenvalue weighted by atomic mass is 32.1. The van der Waals surface area contributed by atoms with Crippen LogP contribution in [-0.2, 0) is 4.79 Å². The highest BCUT2D eigenvalue weighted by molar-refractivity contribution is 7.14. The molecule has 1 N–H and O–H groups in total. The molecular formula is C23H22N4O3S. The van der Waals surface area contributed by atoms with Gasteiger partial charge < -0.3 is 19.7 Å². The summed E-state index contributed by atoms with van der Waals surface area (Å²) in [4.78, 5) is 23.6. The number of pyridine rings is 1. The predicted molar refractivity (Wildman–Crippen MR) is 120 cm³/mol. The number of rotatable bonds is 5. The number of fused-ring (bicyclic) bond motifs is 1. The maximum Gasteiger partial charge on any atom is 0.244 e. The van der Waals surface area contributed by atoms with E-state index >= 15 is 0 Å². The summed E-state index contributed by atoms with van der Waals surface area (Å²) in [5, 5.41) is 6.20. The van der Waals surface area contributed by atoms with E-state index in [1.54, 1.807) is 29.7 Å². The average Bonchev–Trinajstić information content (AvgIpc) is 3.48. The maximum absolute atomic E-state index is 12.3. The van der Waals surface area contributed by atoms with Crippen molar-refractivity contribution < 1.29 is 14.3 Å². The highest BCUT2D eigenvalue weighted by Gasteiger charge is 2.22. The molecule has 0 spiro atoms. The molecule has 7 nitrogen and oxygen atoms in total. The Kier molecular flexibility index (Phi) is 5.54. The van der Waals surface area contributed by atoms with Crippen molar-refractivity contribution in [3.8, 4) is 22.8 Å². The fraction of sp³-hybridized carbons (Fsp3) is 0.261. The van der Waals surface area contributed by atoms with Gasteiger partial charge in [-0.15, -0.1) is 11.3 Å². The molecule has 158 valence electrons. The smallest absolute Gasteiger partial charge is 0.244 e. The van der Waals surface area contributed by atoms with Crippen molar-refractivity contribution in [1.29, 1.82) is 0 Å². The van der Waals surface area contributed by atoms with Gasteiger partial charge in [0.2, 0.25) is 12.7 Å². The molecule has 0 bridgehead atoms. The number of hydrogen-bond donors (Lipinski definition) is 1. The lowest BCUT2D eigenvalue weighted by molar-refractivity contribution is -0.117. The van der Waals surface area contributed by atoms with Crippen molar-refractivity contribution in [2.24, 2.45) is 0 Å². The second-order valence-corrected chi connectivity index (χ2v) is 8.31. The zero-order chi connectivity index (χ0) is 21.0. The van der Waals surface area contributed by atoms with Crippen LogP contribution in [0.4, 0.5) is 5.13 Å². The lowest BCUT2D eigenvalue weighted by atomic mass is 10.1. The molecular weight excluding hydrogens is 412 g/mol. The van der Waals surface area contributed by atoms with E-state index in [0.29, 0.717) is 5.75 Å². The van der Waals surface area contributed by atoms with Crippen LogP contribution in [0.2, 0.25) is 0 Å². The normalized spacial score (nSPS) is 16.1. The first-order valence-electron chi connectivity index (χ1n) is 10.2. The van der Waals surface area contributed by atoms with Gasteiger partial charge in [0.05, 0.1) is 5.69 Å². The van der Waals surface area contributed by atoms with Crippen LogP contribution >= 0.6 is 11.3 Å². The number of hydrogen-bond acceptors (Lipinski definition) is 7. The van der Waals surface area contributed by atoms with Gasteiger partial charge in [-0.2, -0.15) is 0 Å². The zero-order valence-corrected chi connectivity index (χ0v) is 17.7. The van der Waals surface area contributed by atoms with Gasteiger partial charge in [0.1, 0.15) is 0 Å². The van der Waals surface area contributed by atoms with Crippen LogP contribution in [0.5, 0.6) is 11.5 Å². The standard InChI is InChI=1S/C23H22N4O3S/c28-22(6-4-16-3-5-20-21(12-16)30-15-29-20)25-18-7-10-27(11-8-18)23-26-19(14-31-23)17-2-1-9-24-13-17/h1-6,9,12-14,18H,7-8,10-11,15H2,(H,25,28). The summed E-state index contributed by atoms with van der Waals surface area (Å²) < 4.78 is 10.7. The van der Waals surface area contributed by atoms with E-state index in [9.17, 15) is 4.79 Å². The Hall–Kier alpha value is -3.39. The molecule has 5 rings (SSSR count). The van der Waals surface area contributed by atoms with E-state index in [1.165, 1.54) is 0 Å². The molecule has 1 aromatic carbocycles. The minimum Gasteiger partial charge on any atom is -0.454 e. The van der Waals surface area contributed by atoms with Gasteiger partial charge in [-0.3, -0.25) is 9.78 Å². The van der Waals surface area contributed by atoms with Crippen LogP contribution in [0.15, 0.2) is 54.2 Å². The van der Waals surface area contributed by atoms with Gasteiger partial charge in [0.25, 0.3) is 0 Å². The highest BCUT2D eigenvalue weighted by Crippen LogP contribution is 2.33. The quantitative estimate of drug-likeness (QED) is 0.617. The van der Waals surface area contributed by atoms with Crippen molar-refractivity contribution in [3.05, 3.63) is 59.7 Å². The summed E-state index contributed by atoms with van der Waals surface area (Å²) in [5.74, 6) is 1.37. The average molecular weight is 435 g/mol. The summed E-state index contributed by atoms with van der Waals surface area (Å²) in [5.41, 5.74) is 2.89. The minimum atomic E-state index is -0.0794. The van der Waals surface area contributed by atoms with E-state index in [0.717, 1.165) is 53.6 Å². The van der Waals surface area contributed by atoms with Crippen LogP contribution in [0.25, 0.3) is 17.3 Å². The van der Waals surface area contributed by atoms with Gasteiger partial charge in [0.15, 0.2) is 16.6 Å². The van der Waals surface area contributed by atoms with Crippen LogP contribution in [-0.4, -0.2) is 41.8 Å². The molecule has 2 aromatic heterocycles. The molecule has 0 atom stereocenters. The zero-order valence-electron chi connectivity index (χ0n) is 16.9. The molecule has 0 aliphatic carbocycles. The van der Waals surface area contributed by atoms with E-state index < -0.39 is 0 Å². The molecule has 31 heavy (non-hydrogen) atoms. The van der Waals surface area contributed by atoms with Crippen molar-refractivity contribution in [3.63, 3.8) is 0 Å². The third-order valence-corrected chi connectivity index (χ3v) is 6.29. The molecule has 3 aromatic rings. The molecule has 4 heterocycles.